The molecule has 1 saturated heterocycles. The Labute approximate surface area is 150 Å². The van der Waals surface area contributed by atoms with Crippen LogP contribution in [0.4, 0.5) is 16.2 Å². The molecule has 0 spiro atoms. The van der Waals surface area contributed by atoms with Gasteiger partial charge in [-0.15, -0.1) is 0 Å². The number of nitrogens with zero attached hydrogens (tertiary/aromatic N) is 3. The Kier molecular flexibility index (Phi) is 6.73. The Balaban J connectivity index is 1.90. The second-order valence-electron chi connectivity index (χ2n) is 5.65. The zero-order valence-electron chi connectivity index (χ0n) is 14.8. The molecule has 2 rings (SSSR count). The Morgan fingerprint density at radius 2 is 1.96 bits per heavy atom. The zero-order valence-corrected chi connectivity index (χ0v) is 14.8. The molecule has 1 aliphatic heterocycles. The summed E-state index contributed by atoms with van der Waals surface area (Å²) in [6, 6.07) is 4.24. The second-order valence-corrected chi connectivity index (χ2v) is 5.65. The van der Waals surface area contributed by atoms with Crippen LogP contribution in [0.15, 0.2) is 18.2 Å². The van der Waals surface area contributed by atoms with Crippen LogP contribution in [0.1, 0.15) is 6.92 Å². The first-order chi connectivity index (χ1) is 12.4. The van der Waals surface area contributed by atoms with Gasteiger partial charge in [-0.2, -0.15) is 0 Å². The van der Waals surface area contributed by atoms with Crippen molar-refractivity contribution < 1.29 is 24.0 Å². The molecule has 1 N–H and O–H groups in total. The van der Waals surface area contributed by atoms with Crippen LogP contribution in [0, 0.1) is 10.1 Å². The number of carbonyl (C=O) groups excluding carboxylic acids is 2. The molecule has 0 aromatic heterocycles. The molecule has 1 heterocycles. The monoisotopic (exact) mass is 366 g/mol. The normalized spacial score (nSPS) is 14.6. The number of hydrogen-bond acceptors (Lipinski definition) is 7. The minimum absolute atomic E-state index is 0.0832. The lowest BCUT2D eigenvalue weighted by atomic mass is 10.2. The fourth-order valence-corrected chi connectivity index (χ4v) is 2.59. The number of methoxy groups -OCH3 is 1. The third-order valence-corrected chi connectivity index (χ3v) is 3.94. The average molecular weight is 366 g/mol. The van der Waals surface area contributed by atoms with Crippen molar-refractivity contribution in [1.82, 2.24) is 9.80 Å². The van der Waals surface area contributed by atoms with Gasteiger partial charge in [-0.1, -0.05) is 0 Å². The fraction of sp³-hybridized carbons (Fsp3) is 0.500. The molecule has 1 aromatic carbocycles. The van der Waals surface area contributed by atoms with E-state index in [1.165, 1.54) is 19.2 Å². The van der Waals surface area contributed by atoms with Gasteiger partial charge >= 0.3 is 6.09 Å². The number of nitrogens with one attached hydrogen (secondary N) is 1. The van der Waals surface area contributed by atoms with Gasteiger partial charge in [-0.05, 0) is 19.1 Å². The Hall–Kier alpha value is -2.88. The van der Waals surface area contributed by atoms with Crippen molar-refractivity contribution in [2.75, 3.05) is 51.8 Å². The van der Waals surface area contributed by atoms with E-state index in [1.54, 1.807) is 17.9 Å². The standard InChI is InChI=1S/C16H22N4O6/c1-3-26-16(22)19-8-6-18(7-9-19)11-15(21)17-13-5-4-12(25-2)10-14(13)20(23)24/h4-5,10H,3,6-9,11H2,1-2H3,(H,17,21). The summed E-state index contributed by atoms with van der Waals surface area (Å²) in [4.78, 5) is 37.9. The second kappa shape index (κ2) is 8.99. The van der Waals surface area contributed by atoms with E-state index in [2.05, 4.69) is 5.32 Å². The molecule has 142 valence electrons. The van der Waals surface area contributed by atoms with Crippen LogP contribution in [0.25, 0.3) is 0 Å². The average Bonchev–Trinajstić information content (AvgIpc) is 2.62. The van der Waals surface area contributed by atoms with Crippen molar-refractivity contribution in [3.05, 3.63) is 28.3 Å². The molecular weight excluding hydrogens is 344 g/mol. The molecule has 2 amide bonds. The third kappa shape index (κ3) is 5.06. The van der Waals surface area contributed by atoms with Gasteiger partial charge in [0.15, 0.2) is 0 Å². The largest absolute Gasteiger partial charge is 0.496 e. The van der Waals surface area contributed by atoms with Gasteiger partial charge in [-0.3, -0.25) is 19.8 Å². The minimum atomic E-state index is -0.573. The lowest BCUT2D eigenvalue weighted by molar-refractivity contribution is -0.384. The molecule has 1 fully saturated rings. The highest BCUT2D eigenvalue weighted by atomic mass is 16.6. The molecule has 0 saturated carbocycles. The molecule has 0 unspecified atom stereocenters. The fourth-order valence-electron chi connectivity index (χ4n) is 2.59. The van der Waals surface area contributed by atoms with E-state index in [1.807, 2.05) is 4.90 Å². The summed E-state index contributed by atoms with van der Waals surface area (Å²) in [5.41, 5.74) is -0.115. The van der Waals surface area contributed by atoms with E-state index in [0.717, 1.165) is 0 Å². The van der Waals surface area contributed by atoms with Gasteiger partial charge in [-0.25, -0.2) is 4.79 Å². The highest BCUT2D eigenvalue weighted by molar-refractivity contribution is 5.94. The van der Waals surface area contributed by atoms with Crippen molar-refractivity contribution >= 4 is 23.4 Å². The van der Waals surface area contributed by atoms with Crippen molar-refractivity contribution in [2.45, 2.75) is 6.92 Å². The van der Waals surface area contributed by atoms with Crippen molar-refractivity contribution in [3.63, 3.8) is 0 Å². The number of anilines is 1. The summed E-state index contributed by atoms with van der Waals surface area (Å²) < 4.78 is 9.91. The van der Waals surface area contributed by atoms with Gasteiger partial charge in [0.05, 0.1) is 31.3 Å². The number of hydrogen-bond donors (Lipinski definition) is 1. The number of nitro groups is 1. The predicted molar refractivity (Wildman–Crippen MR) is 93.3 cm³/mol. The van der Waals surface area contributed by atoms with Gasteiger partial charge in [0.2, 0.25) is 5.91 Å². The lowest BCUT2D eigenvalue weighted by Crippen LogP contribution is -2.50. The van der Waals surface area contributed by atoms with Gasteiger partial charge in [0.1, 0.15) is 11.4 Å². The lowest BCUT2D eigenvalue weighted by Gasteiger charge is -2.33. The van der Waals surface area contributed by atoms with Crippen LogP contribution in [-0.4, -0.2) is 73.2 Å². The maximum Gasteiger partial charge on any atom is 0.409 e. The summed E-state index contributed by atoms with van der Waals surface area (Å²) in [6.07, 6.45) is -0.356. The third-order valence-electron chi connectivity index (χ3n) is 3.94. The first kappa shape index (κ1) is 19.4. The van der Waals surface area contributed by atoms with Crippen molar-refractivity contribution in [3.8, 4) is 5.75 Å². The predicted octanol–water partition coefficient (Wildman–Crippen LogP) is 1.32. The minimum Gasteiger partial charge on any atom is -0.496 e. The van der Waals surface area contributed by atoms with Crippen LogP contribution in [-0.2, 0) is 9.53 Å². The molecule has 0 radical (unpaired) electrons. The summed E-state index contributed by atoms with van der Waals surface area (Å²) >= 11 is 0. The number of benzene rings is 1. The Morgan fingerprint density at radius 3 is 2.54 bits per heavy atom. The summed E-state index contributed by atoms with van der Waals surface area (Å²) in [5, 5.41) is 13.7. The van der Waals surface area contributed by atoms with Crippen molar-refractivity contribution in [1.29, 1.82) is 0 Å². The smallest absolute Gasteiger partial charge is 0.409 e. The molecule has 10 nitrogen and oxygen atoms in total. The number of nitro benzene ring substituents is 1. The number of rotatable bonds is 6. The molecule has 10 heteroatoms. The summed E-state index contributed by atoms with van der Waals surface area (Å²) in [6.45, 7) is 4.14. The molecule has 1 aromatic rings. The first-order valence-corrected chi connectivity index (χ1v) is 8.21. The van der Waals surface area contributed by atoms with Crippen LogP contribution in [0.3, 0.4) is 0 Å². The number of ether oxygens (including phenoxy) is 2. The Morgan fingerprint density at radius 1 is 1.27 bits per heavy atom. The summed E-state index contributed by atoms with van der Waals surface area (Å²) in [5.74, 6) is -0.0207. The first-order valence-electron chi connectivity index (χ1n) is 8.21. The number of amides is 2. The highest BCUT2D eigenvalue weighted by Gasteiger charge is 2.24. The van der Waals surface area contributed by atoms with E-state index in [4.69, 9.17) is 9.47 Å². The maximum atomic E-state index is 12.2. The molecule has 1 aliphatic rings. The van der Waals surface area contributed by atoms with Crippen LogP contribution >= 0.6 is 0 Å². The number of piperazine rings is 1. The van der Waals surface area contributed by atoms with E-state index in [9.17, 15) is 19.7 Å². The van der Waals surface area contributed by atoms with Gasteiger partial charge < -0.3 is 19.7 Å². The quantitative estimate of drug-likeness (QED) is 0.596. The number of carbonyl (C=O) groups is 2. The SMILES string of the molecule is CCOC(=O)N1CCN(CC(=O)Nc2ccc(OC)cc2[N+](=O)[O-])CC1. The molecule has 0 aliphatic carbocycles. The molecule has 0 bridgehead atoms. The topological polar surface area (TPSA) is 114 Å². The summed E-state index contributed by atoms with van der Waals surface area (Å²) in [7, 11) is 1.41. The maximum absolute atomic E-state index is 12.2. The van der Waals surface area contributed by atoms with Crippen LogP contribution in [0.2, 0.25) is 0 Å². The Bertz CT molecular complexity index is 673. The van der Waals surface area contributed by atoms with Gasteiger partial charge in [0, 0.05) is 26.2 Å². The van der Waals surface area contributed by atoms with Crippen LogP contribution in [0.5, 0.6) is 5.75 Å². The van der Waals surface area contributed by atoms with Crippen LogP contribution < -0.4 is 10.1 Å². The van der Waals surface area contributed by atoms with Crippen molar-refractivity contribution in [2.24, 2.45) is 0 Å². The molecule has 0 atom stereocenters. The highest BCUT2D eigenvalue weighted by Crippen LogP contribution is 2.28. The van der Waals surface area contributed by atoms with E-state index in [-0.39, 0.29) is 29.9 Å². The molecule has 26 heavy (non-hydrogen) atoms. The zero-order chi connectivity index (χ0) is 19.1. The molecular formula is C16H22N4O6. The van der Waals surface area contributed by atoms with E-state index >= 15 is 0 Å². The van der Waals surface area contributed by atoms with Gasteiger partial charge in [0.25, 0.3) is 5.69 Å². The van der Waals surface area contributed by atoms with E-state index < -0.39 is 4.92 Å². The van der Waals surface area contributed by atoms with E-state index in [0.29, 0.717) is 38.5 Å².